The maximum atomic E-state index is 12.4. The summed E-state index contributed by atoms with van der Waals surface area (Å²) in [5.74, 6) is -1.44. The van der Waals surface area contributed by atoms with Gasteiger partial charge < -0.3 is 0 Å². The van der Waals surface area contributed by atoms with Crippen molar-refractivity contribution in [2.24, 2.45) is 0 Å². The molecule has 1 atom stereocenters. The van der Waals surface area contributed by atoms with Crippen LogP contribution >= 0.6 is 0 Å². The largest absolute Gasteiger partial charge is 0.335 e. The number of carbonyl (C=O) groups is 3. The number of imide groups is 2. The minimum absolute atomic E-state index is 0.172. The Morgan fingerprint density at radius 3 is 2.33 bits per heavy atom. The number of urea groups is 1. The van der Waals surface area contributed by atoms with Crippen molar-refractivity contribution in [3.05, 3.63) is 35.4 Å². The van der Waals surface area contributed by atoms with Crippen LogP contribution in [-0.2, 0) is 9.59 Å². The molecule has 24 heavy (non-hydrogen) atoms. The topological polar surface area (TPSA) is 60.9 Å². The number of nitrogens with zero attached hydrogens (tertiary/aromatic N) is 3. The van der Waals surface area contributed by atoms with Crippen LogP contribution in [0.4, 0.5) is 4.79 Å². The first-order valence-electron chi connectivity index (χ1n) is 8.39. The van der Waals surface area contributed by atoms with E-state index in [1.54, 1.807) is 13.8 Å². The fourth-order valence-corrected chi connectivity index (χ4v) is 3.45. The van der Waals surface area contributed by atoms with E-state index < -0.39 is 17.8 Å². The number of benzene rings is 1. The Bertz CT molecular complexity index is 669. The van der Waals surface area contributed by atoms with E-state index in [9.17, 15) is 14.4 Å². The van der Waals surface area contributed by atoms with E-state index in [2.05, 4.69) is 29.2 Å². The molecule has 128 valence electrons. The molecule has 1 aromatic rings. The van der Waals surface area contributed by atoms with Gasteiger partial charge in [0.05, 0.1) is 6.67 Å². The van der Waals surface area contributed by atoms with Gasteiger partial charge in [0.1, 0.15) is 0 Å². The van der Waals surface area contributed by atoms with Gasteiger partial charge in [0.2, 0.25) is 0 Å². The molecule has 2 fully saturated rings. The molecule has 0 bridgehead atoms. The van der Waals surface area contributed by atoms with Crippen molar-refractivity contribution < 1.29 is 14.4 Å². The van der Waals surface area contributed by atoms with E-state index >= 15 is 0 Å². The van der Waals surface area contributed by atoms with Crippen LogP contribution < -0.4 is 0 Å². The number of aryl methyl sites for hydroxylation is 1. The minimum atomic E-state index is -0.721. The Morgan fingerprint density at radius 1 is 1.08 bits per heavy atom. The lowest BCUT2D eigenvalue weighted by molar-refractivity contribution is -0.144. The lowest BCUT2D eigenvalue weighted by Gasteiger charge is -2.28. The SMILES string of the molecule is Cc1ccc(C2CCCN2CN2C(=O)C(=O)N(C(C)C)C2=O)cc1. The Labute approximate surface area is 142 Å². The van der Waals surface area contributed by atoms with Crippen LogP contribution in [0.15, 0.2) is 24.3 Å². The highest BCUT2D eigenvalue weighted by Gasteiger charge is 2.46. The maximum Gasteiger partial charge on any atom is 0.335 e. The van der Waals surface area contributed by atoms with Gasteiger partial charge in [-0.3, -0.25) is 19.4 Å². The summed E-state index contributed by atoms with van der Waals surface area (Å²) in [6, 6.07) is 7.69. The van der Waals surface area contributed by atoms with Gasteiger partial charge >= 0.3 is 17.8 Å². The standard InChI is InChI=1S/C18H23N3O3/c1-12(2)21-17(23)16(22)20(18(21)24)11-19-10-4-5-15(19)14-8-6-13(3)7-9-14/h6-9,12,15H,4-5,10-11H2,1-3H3. The van der Waals surface area contributed by atoms with Gasteiger partial charge in [0, 0.05) is 18.6 Å². The van der Waals surface area contributed by atoms with Crippen LogP contribution in [0.2, 0.25) is 0 Å². The van der Waals surface area contributed by atoms with E-state index in [1.165, 1.54) is 11.1 Å². The molecule has 0 aromatic heterocycles. The number of rotatable bonds is 4. The Kier molecular flexibility index (Phi) is 4.41. The average molecular weight is 329 g/mol. The van der Waals surface area contributed by atoms with E-state index in [4.69, 9.17) is 0 Å². The summed E-state index contributed by atoms with van der Waals surface area (Å²) in [7, 11) is 0. The van der Waals surface area contributed by atoms with E-state index in [0.29, 0.717) is 0 Å². The van der Waals surface area contributed by atoms with Gasteiger partial charge in [0.25, 0.3) is 0 Å². The van der Waals surface area contributed by atoms with Crippen LogP contribution in [0.25, 0.3) is 0 Å². The number of likely N-dealkylation sites (tertiary alicyclic amines) is 1. The Balaban J connectivity index is 1.77. The molecule has 0 aliphatic carbocycles. The Morgan fingerprint density at radius 2 is 1.75 bits per heavy atom. The average Bonchev–Trinajstić information content (AvgIpc) is 3.07. The highest BCUT2D eigenvalue weighted by atomic mass is 16.2. The second-order valence-corrected chi connectivity index (χ2v) is 6.81. The lowest BCUT2D eigenvalue weighted by atomic mass is 10.0. The first-order chi connectivity index (χ1) is 11.4. The molecule has 0 N–H and O–H groups in total. The third-order valence-electron chi connectivity index (χ3n) is 4.75. The van der Waals surface area contributed by atoms with Crippen molar-refractivity contribution in [1.82, 2.24) is 14.7 Å². The zero-order valence-corrected chi connectivity index (χ0v) is 14.4. The van der Waals surface area contributed by atoms with Gasteiger partial charge in [0.15, 0.2) is 0 Å². The third kappa shape index (κ3) is 2.82. The molecule has 3 rings (SSSR count). The number of carbonyl (C=O) groups excluding carboxylic acids is 3. The van der Waals surface area contributed by atoms with Crippen LogP contribution in [0, 0.1) is 6.92 Å². The van der Waals surface area contributed by atoms with Crippen molar-refractivity contribution in [1.29, 1.82) is 0 Å². The van der Waals surface area contributed by atoms with Gasteiger partial charge in [-0.2, -0.15) is 0 Å². The summed E-state index contributed by atoms with van der Waals surface area (Å²) in [5, 5.41) is 0. The second kappa shape index (κ2) is 6.36. The molecule has 0 radical (unpaired) electrons. The second-order valence-electron chi connectivity index (χ2n) is 6.81. The molecule has 6 heteroatoms. The summed E-state index contributed by atoms with van der Waals surface area (Å²) in [5.41, 5.74) is 2.38. The molecule has 6 nitrogen and oxygen atoms in total. The van der Waals surface area contributed by atoms with E-state index in [1.807, 2.05) is 6.92 Å². The zero-order chi connectivity index (χ0) is 17.4. The van der Waals surface area contributed by atoms with Gasteiger partial charge in [-0.05, 0) is 39.2 Å². The van der Waals surface area contributed by atoms with Gasteiger partial charge in [-0.25, -0.2) is 9.69 Å². The number of hydrogen-bond acceptors (Lipinski definition) is 4. The first-order valence-corrected chi connectivity index (χ1v) is 8.39. The summed E-state index contributed by atoms with van der Waals surface area (Å²) in [6.07, 6.45) is 2.00. The predicted molar refractivity (Wildman–Crippen MR) is 89.0 cm³/mol. The molecular formula is C18H23N3O3. The lowest BCUT2D eigenvalue weighted by Crippen LogP contribution is -2.43. The Hall–Kier alpha value is -2.21. The molecule has 2 saturated heterocycles. The fourth-order valence-electron chi connectivity index (χ4n) is 3.45. The summed E-state index contributed by atoms with van der Waals surface area (Å²) < 4.78 is 0. The molecule has 2 heterocycles. The maximum absolute atomic E-state index is 12.4. The molecule has 0 spiro atoms. The zero-order valence-electron chi connectivity index (χ0n) is 14.4. The summed E-state index contributed by atoms with van der Waals surface area (Å²) in [4.78, 5) is 40.9. The monoisotopic (exact) mass is 329 g/mol. The van der Waals surface area contributed by atoms with Crippen LogP contribution in [0.3, 0.4) is 0 Å². The predicted octanol–water partition coefficient (Wildman–Crippen LogP) is 2.29. The van der Waals surface area contributed by atoms with Crippen LogP contribution in [-0.4, -0.2) is 51.8 Å². The third-order valence-corrected chi connectivity index (χ3v) is 4.75. The fraction of sp³-hybridized carbons (Fsp3) is 0.500. The van der Waals surface area contributed by atoms with Crippen LogP contribution in [0.5, 0.6) is 0 Å². The molecule has 1 unspecified atom stereocenters. The molecular weight excluding hydrogens is 306 g/mol. The molecule has 4 amide bonds. The van der Waals surface area contributed by atoms with Crippen molar-refractivity contribution in [3.63, 3.8) is 0 Å². The smallest absolute Gasteiger partial charge is 0.278 e. The van der Waals surface area contributed by atoms with E-state index in [0.717, 1.165) is 29.2 Å². The number of hydrogen-bond donors (Lipinski definition) is 0. The highest BCUT2D eigenvalue weighted by Crippen LogP contribution is 2.32. The van der Waals surface area contributed by atoms with Crippen molar-refractivity contribution in [2.45, 2.75) is 45.7 Å². The number of amides is 4. The quantitative estimate of drug-likeness (QED) is 0.628. The normalized spacial score (nSPS) is 22.3. The van der Waals surface area contributed by atoms with Crippen molar-refractivity contribution in [3.8, 4) is 0 Å². The summed E-state index contributed by atoms with van der Waals surface area (Å²) >= 11 is 0. The highest BCUT2D eigenvalue weighted by molar-refractivity contribution is 6.44. The van der Waals surface area contributed by atoms with E-state index in [-0.39, 0.29) is 18.8 Å². The van der Waals surface area contributed by atoms with Crippen molar-refractivity contribution >= 4 is 17.8 Å². The minimum Gasteiger partial charge on any atom is -0.278 e. The molecule has 2 aliphatic rings. The van der Waals surface area contributed by atoms with Gasteiger partial charge in [-0.15, -0.1) is 0 Å². The summed E-state index contributed by atoms with van der Waals surface area (Å²) in [6.45, 7) is 6.50. The molecule has 0 saturated carbocycles. The van der Waals surface area contributed by atoms with Crippen molar-refractivity contribution in [2.75, 3.05) is 13.2 Å². The molecule has 1 aromatic carbocycles. The van der Waals surface area contributed by atoms with Crippen LogP contribution in [0.1, 0.15) is 43.9 Å². The first kappa shape index (κ1) is 16.6. The van der Waals surface area contributed by atoms with Gasteiger partial charge in [-0.1, -0.05) is 29.8 Å². The molecule has 2 aliphatic heterocycles.